The fraction of sp³-hybridized carbons (Fsp3) is 1.00. The van der Waals surface area contributed by atoms with Gasteiger partial charge in [0.25, 0.3) is 0 Å². The molecule has 0 aliphatic carbocycles. The van der Waals surface area contributed by atoms with Crippen LogP contribution in [0.15, 0.2) is 0 Å². The van der Waals surface area contributed by atoms with Crippen molar-refractivity contribution in [2.45, 2.75) is 45.2 Å². The van der Waals surface area contributed by atoms with Gasteiger partial charge in [-0.3, -0.25) is 0 Å². The highest BCUT2D eigenvalue weighted by Crippen LogP contribution is 2.28. The van der Waals surface area contributed by atoms with Gasteiger partial charge in [0.1, 0.15) is 0 Å². The van der Waals surface area contributed by atoms with Crippen LogP contribution >= 0.6 is 0 Å². The van der Waals surface area contributed by atoms with Crippen LogP contribution in [0.25, 0.3) is 0 Å². The Balaban J connectivity index is 1.83. The van der Waals surface area contributed by atoms with Gasteiger partial charge in [-0.25, -0.2) is 0 Å². The van der Waals surface area contributed by atoms with Crippen molar-refractivity contribution in [3.8, 4) is 0 Å². The standard InChI is InChI=1S/C13H26N2O/c1-10(2)7-12(9-16)14-13-8-15-5-3-11(13)4-6-15/h10-14,16H,3-9H2,1-2H3. The van der Waals surface area contributed by atoms with Crippen molar-refractivity contribution in [1.29, 1.82) is 0 Å². The first-order valence-electron chi connectivity index (χ1n) is 6.78. The molecule has 0 spiro atoms. The fourth-order valence-corrected chi connectivity index (χ4v) is 3.22. The largest absolute Gasteiger partial charge is 0.395 e. The van der Waals surface area contributed by atoms with E-state index in [1.54, 1.807) is 0 Å². The lowest BCUT2D eigenvalue weighted by atomic mass is 9.83. The van der Waals surface area contributed by atoms with E-state index >= 15 is 0 Å². The zero-order valence-corrected chi connectivity index (χ0v) is 10.7. The number of hydrogen-bond acceptors (Lipinski definition) is 3. The number of piperidine rings is 3. The van der Waals surface area contributed by atoms with Crippen molar-refractivity contribution in [1.82, 2.24) is 10.2 Å². The first kappa shape index (κ1) is 12.3. The number of rotatable bonds is 5. The molecule has 3 nitrogen and oxygen atoms in total. The Kier molecular flexibility index (Phi) is 4.22. The molecule has 3 heterocycles. The summed E-state index contributed by atoms with van der Waals surface area (Å²) in [5.74, 6) is 1.51. The maximum absolute atomic E-state index is 9.40. The summed E-state index contributed by atoms with van der Waals surface area (Å²) in [5, 5.41) is 13.1. The van der Waals surface area contributed by atoms with Gasteiger partial charge in [0.2, 0.25) is 0 Å². The predicted octanol–water partition coefficient (Wildman–Crippen LogP) is 1.08. The summed E-state index contributed by atoms with van der Waals surface area (Å²) in [6, 6.07) is 0.920. The minimum absolute atomic E-state index is 0.279. The van der Waals surface area contributed by atoms with Crippen LogP contribution in [0.2, 0.25) is 0 Å². The Bertz CT molecular complexity index is 212. The molecular formula is C13H26N2O. The first-order chi connectivity index (χ1) is 7.69. The SMILES string of the molecule is CC(C)CC(CO)NC1CN2CCC1CC2. The molecule has 3 heteroatoms. The van der Waals surface area contributed by atoms with Crippen molar-refractivity contribution in [2.75, 3.05) is 26.2 Å². The topological polar surface area (TPSA) is 35.5 Å². The van der Waals surface area contributed by atoms with Gasteiger partial charge in [0.15, 0.2) is 0 Å². The highest BCUT2D eigenvalue weighted by atomic mass is 16.3. The number of hydrogen-bond donors (Lipinski definition) is 2. The Morgan fingerprint density at radius 1 is 1.31 bits per heavy atom. The Morgan fingerprint density at radius 3 is 2.44 bits per heavy atom. The van der Waals surface area contributed by atoms with E-state index in [0.717, 1.165) is 12.3 Å². The maximum Gasteiger partial charge on any atom is 0.0584 e. The second-order valence-corrected chi connectivity index (χ2v) is 5.92. The van der Waals surface area contributed by atoms with E-state index in [0.29, 0.717) is 18.0 Å². The van der Waals surface area contributed by atoms with Gasteiger partial charge < -0.3 is 15.3 Å². The zero-order valence-electron chi connectivity index (χ0n) is 10.7. The molecule has 2 bridgehead atoms. The van der Waals surface area contributed by atoms with E-state index in [1.807, 2.05) is 0 Å². The molecule has 3 saturated heterocycles. The molecule has 94 valence electrons. The third-order valence-electron chi connectivity index (χ3n) is 4.08. The second kappa shape index (κ2) is 5.48. The van der Waals surface area contributed by atoms with Gasteiger partial charge in [0, 0.05) is 18.6 Å². The summed E-state index contributed by atoms with van der Waals surface area (Å²) in [6.45, 7) is 8.50. The van der Waals surface area contributed by atoms with E-state index in [4.69, 9.17) is 0 Å². The van der Waals surface area contributed by atoms with Crippen LogP contribution in [0.3, 0.4) is 0 Å². The Hall–Kier alpha value is -0.120. The molecule has 3 aliphatic heterocycles. The molecule has 3 aliphatic rings. The van der Waals surface area contributed by atoms with Gasteiger partial charge in [-0.05, 0) is 44.2 Å². The summed E-state index contributed by atoms with van der Waals surface area (Å²) < 4.78 is 0. The van der Waals surface area contributed by atoms with E-state index < -0.39 is 0 Å². The average molecular weight is 226 g/mol. The molecule has 2 N–H and O–H groups in total. The Labute approximate surface area is 99.2 Å². The monoisotopic (exact) mass is 226 g/mol. The average Bonchev–Trinajstić information content (AvgIpc) is 2.29. The van der Waals surface area contributed by atoms with Gasteiger partial charge >= 0.3 is 0 Å². The normalized spacial score (nSPS) is 35.6. The molecule has 3 fully saturated rings. The minimum Gasteiger partial charge on any atom is -0.395 e. The van der Waals surface area contributed by atoms with Crippen molar-refractivity contribution >= 4 is 0 Å². The maximum atomic E-state index is 9.40. The van der Waals surface area contributed by atoms with Crippen molar-refractivity contribution in [3.05, 3.63) is 0 Å². The zero-order chi connectivity index (χ0) is 11.5. The van der Waals surface area contributed by atoms with Crippen LogP contribution in [0, 0.1) is 11.8 Å². The summed E-state index contributed by atoms with van der Waals surface area (Å²) in [6.07, 6.45) is 3.77. The van der Waals surface area contributed by atoms with Gasteiger partial charge in [0.05, 0.1) is 6.61 Å². The highest BCUT2D eigenvalue weighted by molar-refractivity contribution is 4.92. The number of aliphatic hydroxyl groups is 1. The van der Waals surface area contributed by atoms with Crippen LogP contribution in [-0.2, 0) is 0 Å². The fourth-order valence-electron chi connectivity index (χ4n) is 3.22. The van der Waals surface area contributed by atoms with E-state index in [2.05, 4.69) is 24.1 Å². The third-order valence-corrected chi connectivity index (χ3v) is 4.08. The summed E-state index contributed by atoms with van der Waals surface area (Å²) in [7, 11) is 0. The lowest BCUT2D eigenvalue weighted by Crippen LogP contribution is -2.58. The molecule has 2 unspecified atom stereocenters. The lowest BCUT2D eigenvalue weighted by molar-refractivity contribution is 0.0594. The van der Waals surface area contributed by atoms with E-state index in [1.165, 1.54) is 32.5 Å². The highest BCUT2D eigenvalue weighted by Gasteiger charge is 2.34. The van der Waals surface area contributed by atoms with Crippen LogP contribution in [0.5, 0.6) is 0 Å². The molecule has 0 radical (unpaired) electrons. The predicted molar refractivity (Wildman–Crippen MR) is 66.4 cm³/mol. The van der Waals surface area contributed by atoms with Crippen LogP contribution in [0.4, 0.5) is 0 Å². The molecule has 0 saturated carbocycles. The Morgan fingerprint density at radius 2 is 2.00 bits per heavy atom. The van der Waals surface area contributed by atoms with Crippen molar-refractivity contribution in [2.24, 2.45) is 11.8 Å². The van der Waals surface area contributed by atoms with Crippen molar-refractivity contribution < 1.29 is 5.11 Å². The molecular weight excluding hydrogens is 200 g/mol. The first-order valence-corrected chi connectivity index (χ1v) is 6.78. The number of nitrogens with one attached hydrogen (secondary N) is 1. The van der Waals surface area contributed by atoms with Gasteiger partial charge in [-0.1, -0.05) is 13.8 Å². The summed E-state index contributed by atoms with van der Waals surface area (Å²) in [5.41, 5.74) is 0. The second-order valence-electron chi connectivity index (χ2n) is 5.92. The summed E-state index contributed by atoms with van der Waals surface area (Å²) >= 11 is 0. The minimum atomic E-state index is 0.279. The number of nitrogens with zero attached hydrogens (tertiary/aromatic N) is 1. The molecule has 0 aromatic heterocycles. The number of fused-ring (bicyclic) bond motifs is 3. The smallest absolute Gasteiger partial charge is 0.0584 e. The summed E-state index contributed by atoms with van der Waals surface area (Å²) in [4.78, 5) is 2.56. The molecule has 0 aromatic carbocycles. The molecule has 0 amide bonds. The van der Waals surface area contributed by atoms with Crippen LogP contribution < -0.4 is 5.32 Å². The van der Waals surface area contributed by atoms with Crippen molar-refractivity contribution in [3.63, 3.8) is 0 Å². The third kappa shape index (κ3) is 2.96. The van der Waals surface area contributed by atoms with Gasteiger partial charge in [-0.2, -0.15) is 0 Å². The molecule has 2 atom stereocenters. The van der Waals surface area contributed by atoms with E-state index in [9.17, 15) is 5.11 Å². The van der Waals surface area contributed by atoms with Gasteiger partial charge in [-0.15, -0.1) is 0 Å². The van der Waals surface area contributed by atoms with E-state index in [-0.39, 0.29) is 6.61 Å². The quantitative estimate of drug-likeness (QED) is 0.736. The van der Waals surface area contributed by atoms with Crippen LogP contribution in [0.1, 0.15) is 33.1 Å². The lowest BCUT2D eigenvalue weighted by Gasteiger charge is -2.46. The molecule has 3 rings (SSSR count). The van der Waals surface area contributed by atoms with Crippen LogP contribution in [-0.4, -0.2) is 48.3 Å². The molecule has 16 heavy (non-hydrogen) atoms. The number of aliphatic hydroxyl groups excluding tert-OH is 1. The molecule has 0 aromatic rings.